The first-order valence-electron chi connectivity index (χ1n) is 6.70. The predicted molar refractivity (Wildman–Crippen MR) is 73.4 cm³/mol. The lowest BCUT2D eigenvalue weighted by Gasteiger charge is -2.10. The molecule has 0 bridgehead atoms. The second-order valence-corrected chi connectivity index (χ2v) is 4.58. The zero-order chi connectivity index (χ0) is 17.0. The van der Waals surface area contributed by atoms with Gasteiger partial charge in [-0.25, -0.2) is 0 Å². The molecule has 1 amide bonds. The monoisotopic (exact) mass is 329 g/mol. The third-order valence-corrected chi connectivity index (χ3v) is 3.01. The maximum atomic E-state index is 12.5. The molecule has 23 heavy (non-hydrogen) atoms. The van der Waals surface area contributed by atoms with Gasteiger partial charge in [-0.3, -0.25) is 4.79 Å². The molecule has 0 saturated heterocycles. The summed E-state index contributed by atoms with van der Waals surface area (Å²) in [6.07, 6.45) is -4.34. The number of carbonyl (C=O) groups is 1. The molecule has 1 N–H and O–H groups in total. The van der Waals surface area contributed by atoms with Crippen molar-refractivity contribution in [2.24, 2.45) is 0 Å². The molecule has 0 saturated carbocycles. The van der Waals surface area contributed by atoms with Gasteiger partial charge in [0, 0.05) is 24.1 Å². The first-order valence-corrected chi connectivity index (χ1v) is 6.70. The summed E-state index contributed by atoms with van der Waals surface area (Å²) in [5, 5.41) is 6.00. The number of carbonyl (C=O) groups excluding carboxylic acids is 1. The van der Waals surface area contributed by atoms with Gasteiger partial charge in [-0.2, -0.15) is 18.2 Å². The van der Waals surface area contributed by atoms with Crippen molar-refractivity contribution in [1.29, 1.82) is 0 Å². The standard InChI is InChI=1S/C14H14F3N3O3/c1-3-11(21)18-7-9-5-4-8(6-10(9)22-2)12-19-13(23-20-12)14(15,16)17/h4-6H,3,7H2,1-2H3,(H,18,21). The van der Waals surface area contributed by atoms with Crippen LogP contribution in [0.1, 0.15) is 24.8 Å². The van der Waals surface area contributed by atoms with Crippen LogP contribution < -0.4 is 10.1 Å². The SMILES string of the molecule is CCC(=O)NCc1ccc(-c2noc(C(F)(F)F)n2)cc1OC. The Labute approximate surface area is 129 Å². The molecule has 0 aliphatic carbocycles. The van der Waals surface area contributed by atoms with E-state index in [1.807, 2.05) is 0 Å². The number of halogens is 3. The maximum Gasteiger partial charge on any atom is 0.471 e. The van der Waals surface area contributed by atoms with Crippen LogP contribution in [0.3, 0.4) is 0 Å². The fourth-order valence-electron chi connectivity index (χ4n) is 1.80. The van der Waals surface area contributed by atoms with Gasteiger partial charge < -0.3 is 14.6 Å². The second-order valence-electron chi connectivity index (χ2n) is 4.58. The number of amides is 1. The minimum atomic E-state index is -4.69. The maximum absolute atomic E-state index is 12.5. The van der Waals surface area contributed by atoms with Crippen LogP contribution in [0.4, 0.5) is 13.2 Å². The van der Waals surface area contributed by atoms with Gasteiger partial charge in [0.15, 0.2) is 0 Å². The van der Waals surface area contributed by atoms with Gasteiger partial charge in [0.05, 0.1) is 7.11 Å². The van der Waals surface area contributed by atoms with Crippen LogP contribution in [0.15, 0.2) is 22.7 Å². The normalized spacial score (nSPS) is 11.3. The minimum absolute atomic E-state index is 0.121. The van der Waals surface area contributed by atoms with Crippen molar-refractivity contribution in [1.82, 2.24) is 15.5 Å². The summed E-state index contributed by atoms with van der Waals surface area (Å²) in [7, 11) is 1.42. The molecule has 9 heteroatoms. The third-order valence-electron chi connectivity index (χ3n) is 3.01. The topological polar surface area (TPSA) is 77.3 Å². The first kappa shape index (κ1) is 16.8. The molecule has 0 fully saturated rings. The van der Waals surface area contributed by atoms with Crippen LogP contribution in [0.5, 0.6) is 5.75 Å². The van der Waals surface area contributed by atoms with E-state index >= 15 is 0 Å². The van der Waals surface area contributed by atoms with E-state index in [9.17, 15) is 18.0 Å². The summed E-state index contributed by atoms with van der Waals surface area (Å²) < 4.78 is 46.8. The van der Waals surface area contributed by atoms with Gasteiger partial charge in [-0.05, 0) is 6.07 Å². The second kappa shape index (κ2) is 6.67. The molecule has 0 aliphatic rings. The molecule has 124 valence electrons. The number of alkyl halides is 3. The van der Waals surface area contributed by atoms with Crippen LogP contribution in [-0.2, 0) is 17.5 Å². The number of benzene rings is 1. The average Bonchev–Trinajstić information content (AvgIpc) is 3.02. The zero-order valence-electron chi connectivity index (χ0n) is 12.4. The summed E-state index contributed by atoms with van der Waals surface area (Å²) >= 11 is 0. The van der Waals surface area contributed by atoms with Crippen LogP contribution >= 0.6 is 0 Å². The van der Waals surface area contributed by atoms with Crippen molar-refractivity contribution in [3.05, 3.63) is 29.7 Å². The Morgan fingerprint density at radius 3 is 2.70 bits per heavy atom. The lowest BCUT2D eigenvalue weighted by molar-refractivity contribution is -0.159. The van der Waals surface area contributed by atoms with Gasteiger partial charge in [0.1, 0.15) is 5.75 Å². The number of ether oxygens (including phenoxy) is 1. The molecule has 0 unspecified atom stereocenters. The predicted octanol–water partition coefficient (Wildman–Crippen LogP) is 2.79. The molecule has 2 aromatic rings. The van der Waals surface area contributed by atoms with Crippen LogP contribution in [0.25, 0.3) is 11.4 Å². The molecule has 0 aliphatic heterocycles. The molecule has 0 atom stereocenters. The van der Waals surface area contributed by atoms with E-state index in [2.05, 4.69) is 20.0 Å². The van der Waals surface area contributed by atoms with Crippen molar-refractivity contribution < 1.29 is 27.2 Å². The van der Waals surface area contributed by atoms with Crippen LogP contribution in [0, 0.1) is 0 Å². The number of nitrogens with zero attached hydrogens (tertiary/aromatic N) is 2. The molecule has 0 spiro atoms. The summed E-state index contributed by atoms with van der Waals surface area (Å²) in [5.74, 6) is -1.33. The van der Waals surface area contributed by atoms with Crippen molar-refractivity contribution >= 4 is 5.91 Å². The highest BCUT2D eigenvalue weighted by Gasteiger charge is 2.38. The Morgan fingerprint density at radius 1 is 1.39 bits per heavy atom. The van der Waals surface area contributed by atoms with E-state index in [-0.39, 0.29) is 18.3 Å². The number of nitrogens with one attached hydrogen (secondary N) is 1. The summed E-state index contributed by atoms with van der Waals surface area (Å²) in [6, 6.07) is 4.63. The molecular formula is C14H14F3N3O3. The molecule has 0 radical (unpaired) electrons. The number of methoxy groups -OCH3 is 1. The van der Waals surface area contributed by atoms with Crippen LogP contribution in [0.2, 0.25) is 0 Å². The first-order chi connectivity index (χ1) is 10.8. The Morgan fingerprint density at radius 2 is 2.13 bits per heavy atom. The van der Waals surface area contributed by atoms with Gasteiger partial charge in [-0.1, -0.05) is 24.2 Å². The van der Waals surface area contributed by atoms with Crippen LogP contribution in [-0.4, -0.2) is 23.2 Å². The van der Waals surface area contributed by atoms with Gasteiger partial charge in [-0.15, -0.1) is 0 Å². The van der Waals surface area contributed by atoms with E-state index in [1.54, 1.807) is 13.0 Å². The lowest BCUT2D eigenvalue weighted by Crippen LogP contribution is -2.21. The fourth-order valence-corrected chi connectivity index (χ4v) is 1.80. The summed E-state index contributed by atoms with van der Waals surface area (Å²) in [5.41, 5.74) is 0.990. The third kappa shape index (κ3) is 3.99. The molecule has 1 aromatic carbocycles. The smallest absolute Gasteiger partial charge is 0.471 e. The molecule has 1 heterocycles. The minimum Gasteiger partial charge on any atom is -0.496 e. The number of hydrogen-bond donors (Lipinski definition) is 1. The highest BCUT2D eigenvalue weighted by atomic mass is 19.4. The van der Waals surface area contributed by atoms with Crippen molar-refractivity contribution in [2.75, 3.05) is 7.11 Å². The average molecular weight is 329 g/mol. The van der Waals surface area contributed by atoms with Gasteiger partial charge in [0.2, 0.25) is 11.7 Å². The quantitative estimate of drug-likeness (QED) is 0.913. The van der Waals surface area contributed by atoms with Crippen molar-refractivity contribution in [3.8, 4) is 17.1 Å². The number of rotatable bonds is 5. The fraction of sp³-hybridized carbons (Fsp3) is 0.357. The summed E-state index contributed by atoms with van der Waals surface area (Å²) in [6.45, 7) is 1.97. The molecule has 1 aromatic heterocycles. The molecular weight excluding hydrogens is 315 g/mol. The lowest BCUT2D eigenvalue weighted by atomic mass is 10.1. The van der Waals surface area contributed by atoms with E-state index in [4.69, 9.17) is 4.74 Å². The van der Waals surface area contributed by atoms with E-state index in [1.165, 1.54) is 19.2 Å². The van der Waals surface area contributed by atoms with E-state index < -0.39 is 12.1 Å². The number of aromatic nitrogens is 2. The Balaban J connectivity index is 2.24. The molecule has 2 rings (SSSR count). The van der Waals surface area contributed by atoms with Gasteiger partial charge in [0.25, 0.3) is 0 Å². The van der Waals surface area contributed by atoms with Crippen molar-refractivity contribution in [2.45, 2.75) is 26.1 Å². The Kier molecular flexibility index (Phi) is 4.87. The zero-order valence-corrected chi connectivity index (χ0v) is 12.4. The number of hydrogen-bond acceptors (Lipinski definition) is 5. The summed E-state index contributed by atoms with van der Waals surface area (Å²) in [4.78, 5) is 14.6. The highest BCUT2D eigenvalue weighted by Crippen LogP contribution is 2.31. The Hall–Kier alpha value is -2.58. The van der Waals surface area contributed by atoms with Gasteiger partial charge >= 0.3 is 12.1 Å². The highest BCUT2D eigenvalue weighted by molar-refractivity contribution is 5.75. The van der Waals surface area contributed by atoms with Crippen molar-refractivity contribution in [3.63, 3.8) is 0 Å². The Bertz CT molecular complexity index is 698. The largest absolute Gasteiger partial charge is 0.496 e. The molecule has 6 nitrogen and oxygen atoms in total. The van der Waals surface area contributed by atoms with E-state index in [0.717, 1.165) is 0 Å². The van der Waals surface area contributed by atoms with E-state index in [0.29, 0.717) is 23.3 Å².